The minimum absolute atomic E-state index is 0.0441. The van der Waals surface area contributed by atoms with Crippen LogP contribution in [0.25, 0.3) is 0 Å². The summed E-state index contributed by atoms with van der Waals surface area (Å²) in [5, 5.41) is 19.7. The van der Waals surface area contributed by atoms with E-state index in [1.165, 1.54) is 0 Å². The Morgan fingerprint density at radius 2 is 1.17 bits per heavy atom. The van der Waals surface area contributed by atoms with Crippen LogP contribution in [-0.4, -0.2) is 60.8 Å². The molecule has 0 saturated carbocycles. The highest BCUT2D eigenvalue weighted by Crippen LogP contribution is 2.30. The van der Waals surface area contributed by atoms with Crippen LogP contribution in [0, 0.1) is 13.8 Å². The predicted octanol–water partition coefficient (Wildman–Crippen LogP) is 3.03. The van der Waals surface area contributed by atoms with E-state index in [9.17, 15) is 19.8 Å². The lowest BCUT2D eigenvalue weighted by Gasteiger charge is -2.16. The Morgan fingerprint density at radius 3 is 1.51 bits per heavy atom. The average molecular weight is 487 g/mol. The van der Waals surface area contributed by atoms with E-state index in [2.05, 4.69) is 13.2 Å². The number of rotatable bonds is 14. The standard InChI is InChI=1S/C26H30O9/c1-5-25(29)33-15-19(27)13-31-23-9-7-21(11-17(23)3)35-22-8-10-24(18(4)12-22)32-14-20(28)16-34-26(30)6-2/h5-12,19-20,27-28H,1-2,13-16H2,3-4H3. The first-order valence-corrected chi connectivity index (χ1v) is 10.8. The number of benzene rings is 2. The van der Waals surface area contributed by atoms with Gasteiger partial charge in [-0.25, -0.2) is 9.59 Å². The molecule has 2 rings (SSSR count). The molecule has 2 aromatic rings. The van der Waals surface area contributed by atoms with Gasteiger partial charge in [0, 0.05) is 12.2 Å². The van der Waals surface area contributed by atoms with E-state index in [0.29, 0.717) is 23.0 Å². The summed E-state index contributed by atoms with van der Waals surface area (Å²) in [5.74, 6) is 1.07. The number of carbonyl (C=O) groups excluding carboxylic acids is 2. The molecule has 0 aromatic heterocycles. The van der Waals surface area contributed by atoms with Crippen molar-refractivity contribution < 1.29 is 43.5 Å². The molecule has 0 aliphatic carbocycles. The molecule has 35 heavy (non-hydrogen) atoms. The third-order valence-electron chi connectivity index (χ3n) is 4.56. The lowest BCUT2D eigenvalue weighted by atomic mass is 10.2. The molecule has 0 fully saturated rings. The van der Waals surface area contributed by atoms with Gasteiger partial charge in [-0.3, -0.25) is 0 Å². The van der Waals surface area contributed by atoms with E-state index in [0.717, 1.165) is 23.3 Å². The van der Waals surface area contributed by atoms with Gasteiger partial charge in [-0.2, -0.15) is 0 Å². The summed E-state index contributed by atoms with van der Waals surface area (Å²) in [6, 6.07) is 10.5. The first-order valence-electron chi connectivity index (χ1n) is 10.8. The van der Waals surface area contributed by atoms with E-state index in [1.807, 2.05) is 13.8 Å². The highest BCUT2D eigenvalue weighted by atomic mass is 16.6. The van der Waals surface area contributed by atoms with Crippen molar-refractivity contribution in [1.82, 2.24) is 0 Å². The summed E-state index contributed by atoms with van der Waals surface area (Å²) >= 11 is 0. The molecule has 0 radical (unpaired) electrons. The highest BCUT2D eigenvalue weighted by molar-refractivity contribution is 5.81. The smallest absolute Gasteiger partial charge is 0.330 e. The molecule has 2 aromatic carbocycles. The molecule has 0 spiro atoms. The van der Waals surface area contributed by atoms with Gasteiger partial charge in [-0.05, 0) is 61.4 Å². The Hall–Kier alpha value is -3.82. The number of esters is 2. The molecule has 2 atom stereocenters. The number of aliphatic hydroxyl groups is 2. The average Bonchev–Trinajstić information content (AvgIpc) is 2.84. The maximum atomic E-state index is 11.0. The van der Waals surface area contributed by atoms with Gasteiger partial charge in [-0.15, -0.1) is 0 Å². The zero-order chi connectivity index (χ0) is 25.8. The van der Waals surface area contributed by atoms with Crippen LogP contribution in [0.5, 0.6) is 23.0 Å². The highest BCUT2D eigenvalue weighted by Gasteiger charge is 2.12. The fraction of sp³-hybridized carbons (Fsp3) is 0.308. The van der Waals surface area contributed by atoms with Crippen molar-refractivity contribution in [2.45, 2.75) is 26.1 Å². The summed E-state index contributed by atoms with van der Waals surface area (Å²) in [6.07, 6.45) is 0.104. The van der Waals surface area contributed by atoms with Gasteiger partial charge in [-0.1, -0.05) is 13.2 Å². The zero-order valence-electron chi connectivity index (χ0n) is 19.8. The Morgan fingerprint density at radius 1 is 0.771 bits per heavy atom. The molecule has 0 aliphatic rings. The Balaban J connectivity index is 1.87. The Labute approximate surface area is 204 Å². The molecule has 188 valence electrons. The second kappa shape index (κ2) is 13.8. The fourth-order valence-electron chi connectivity index (χ4n) is 2.77. The molecule has 0 amide bonds. The van der Waals surface area contributed by atoms with Crippen molar-refractivity contribution in [2.75, 3.05) is 26.4 Å². The van der Waals surface area contributed by atoms with Crippen LogP contribution in [0.4, 0.5) is 0 Å². The summed E-state index contributed by atoms with van der Waals surface area (Å²) in [7, 11) is 0. The largest absolute Gasteiger partial charge is 0.490 e. The molecule has 2 N–H and O–H groups in total. The summed E-state index contributed by atoms with van der Waals surface area (Å²) in [6.45, 7) is 9.79. The summed E-state index contributed by atoms with van der Waals surface area (Å²) < 4.78 is 26.7. The SMILES string of the molecule is C=CC(=O)OCC(O)COc1ccc(Oc2ccc(OCC(O)COC(=O)C=C)c(C)c2)cc1C. The third kappa shape index (κ3) is 9.52. The number of aryl methyl sites for hydroxylation is 2. The summed E-state index contributed by atoms with van der Waals surface area (Å²) in [5.41, 5.74) is 1.58. The Bertz CT molecular complexity index is 950. The van der Waals surface area contributed by atoms with Crippen LogP contribution in [0.1, 0.15) is 11.1 Å². The van der Waals surface area contributed by atoms with Gasteiger partial charge in [0.05, 0.1) is 0 Å². The molecular weight excluding hydrogens is 456 g/mol. The molecule has 0 aliphatic heterocycles. The predicted molar refractivity (Wildman–Crippen MR) is 128 cm³/mol. The van der Waals surface area contributed by atoms with Crippen LogP contribution in [0.2, 0.25) is 0 Å². The first-order chi connectivity index (χ1) is 16.7. The van der Waals surface area contributed by atoms with E-state index in [-0.39, 0.29) is 26.4 Å². The Kier molecular flexibility index (Phi) is 10.8. The number of carbonyl (C=O) groups is 2. The van der Waals surface area contributed by atoms with Gasteiger partial charge >= 0.3 is 11.9 Å². The van der Waals surface area contributed by atoms with Crippen molar-refractivity contribution in [3.8, 4) is 23.0 Å². The van der Waals surface area contributed by atoms with Crippen molar-refractivity contribution in [3.05, 3.63) is 72.8 Å². The maximum Gasteiger partial charge on any atom is 0.330 e. The van der Waals surface area contributed by atoms with E-state index >= 15 is 0 Å². The third-order valence-corrected chi connectivity index (χ3v) is 4.56. The topological polar surface area (TPSA) is 121 Å². The van der Waals surface area contributed by atoms with Gasteiger partial charge in [0.25, 0.3) is 0 Å². The molecule has 2 unspecified atom stereocenters. The van der Waals surface area contributed by atoms with Crippen molar-refractivity contribution in [2.24, 2.45) is 0 Å². The van der Waals surface area contributed by atoms with Crippen molar-refractivity contribution in [3.63, 3.8) is 0 Å². The van der Waals surface area contributed by atoms with Gasteiger partial charge in [0.15, 0.2) is 0 Å². The number of ether oxygens (including phenoxy) is 5. The molecule has 9 nitrogen and oxygen atoms in total. The van der Waals surface area contributed by atoms with Gasteiger partial charge < -0.3 is 33.9 Å². The minimum Gasteiger partial charge on any atom is -0.490 e. The lowest BCUT2D eigenvalue weighted by molar-refractivity contribution is -0.142. The van der Waals surface area contributed by atoms with Gasteiger partial charge in [0.2, 0.25) is 0 Å². The van der Waals surface area contributed by atoms with Crippen LogP contribution < -0.4 is 14.2 Å². The van der Waals surface area contributed by atoms with Crippen LogP contribution in [0.3, 0.4) is 0 Å². The zero-order valence-corrected chi connectivity index (χ0v) is 19.8. The molecule has 9 heteroatoms. The molecule has 0 saturated heterocycles. The van der Waals surface area contributed by atoms with E-state index < -0.39 is 24.1 Å². The molecular formula is C26H30O9. The molecule has 0 bridgehead atoms. The van der Waals surface area contributed by atoms with Crippen LogP contribution in [-0.2, 0) is 19.1 Å². The minimum atomic E-state index is -0.971. The second-order valence-corrected chi connectivity index (χ2v) is 7.55. The number of hydrogen-bond donors (Lipinski definition) is 2. The second-order valence-electron chi connectivity index (χ2n) is 7.55. The quantitative estimate of drug-likeness (QED) is 0.307. The lowest BCUT2D eigenvalue weighted by Crippen LogP contribution is -2.24. The normalized spacial score (nSPS) is 12.1. The van der Waals surface area contributed by atoms with Crippen LogP contribution in [0.15, 0.2) is 61.7 Å². The van der Waals surface area contributed by atoms with Crippen LogP contribution >= 0.6 is 0 Å². The monoisotopic (exact) mass is 486 g/mol. The van der Waals surface area contributed by atoms with Crippen molar-refractivity contribution >= 4 is 11.9 Å². The maximum absolute atomic E-state index is 11.0. The first kappa shape index (κ1) is 27.4. The van der Waals surface area contributed by atoms with E-state index in [4.69, 9.17) is 23.7 Å². The van der Waals surface area contributed by atoms with E-state index in [1.54, 1.807) is 36.4 Å². The summed E-state index contributed by atoms with van der Waals surface area (Å²) in [4.78, 5) is 22.1. The molecule has 0 heterocycles. The van der Waals surface area contributed by atoms with Crippen molar-refractivity contribution in [1.29, 1.82) is 0 Å². The van der Waals surface area contributed by atoms with Gasteiger partial charge in [0.1, 0.15) is 61.6 Å². The number of aliphatic hydroxyl groups excluding tert-OH is 2. The number of hydrogen-bond acceptors (Lipinski definition) is 9. The fourth-order valence-corrected chi connectivity index (χ4v) is 2.77.